The summed E-state index contributed by atoms with van der Waals surface area (Å²) in [7, 11) is -3.97. The molecule has 6 heteroatoms. The van der Waals surface area contributed by atoms with Crippen molar-refractivity contribution >= 4 is 49.2 Å². The Kier molecular flexibility index (Phi) is 7.65. The third-order valence-electron chi connectivity index (χ3n) is 4.87. The Bertz CT molecular complexity index is 1200. The van der Waals surface area contributed by atoms with Gasteiger partial charge in [0.25, 0.3) is 0 Å². The zero-order valence-corrected chi connectivity index (χ0v) is 19.7. The number of carbonyl (C=O) groups excluding carboxylic acids is 1. The molecule has 0 N–H and O–H groups in total. The van der Waals surface area contributed by atoms with Gasteiger partial charge in [-0.05, 0) is 41.0 Å². The molecule has 0 bridgehead atoms. The molecule has 0 fully saturated rings. The lowest BCUT2D eigenvalue weighted by Gasteiger charge is -2.19. The molecule has 0 radical (unpaired) electrons. The zero-order chi connectivity index (χ0) is 22.4. The topological polar surface area (TPSA) is 51.2 Å². The summed E-state index contributed by atoms with van der Waals surface area (Å²) in [5.74, 6) is 0. The second kappa shape index (κ2) is 10.2. The summed E-state index contributed by atoms with van der Waals surface area (Å²) in [4.78, 5) is 12.2. The number of hydrogen-bond donors (Lipinski definition) is 0. The first-order valence-electron chi connectivity index (χ1n) is 9.47. The molecular formula is C25H20BrClO3S. The molecule has 3 rings (SSSR count). The van der Waals surface area contributed by atoms with Gasteiger partial charge in [0, 0.05) is 21.5 Å². The maximum absolute atomic E-state index is 13.9. The van der Waals surface area contributed by atoms with Gasteiger partial charge in [-0.25, -0.2) is 8.42 Å². The van der Waals surface area contributed by atoms with Crippen LogP contribution in [-0.4, -0.2) is 14.7 Å². The van der Waals surface area contributed by atoms with E-state index < -0.39 is 15.1 Å². The highest BCUT2D eigenvalue weighted by atomic mass is 79.9. The van der Waals surface area contributed by atoms with Crippen LogP contribution in [0.4, 0.5) is 0 Å². The van der Waals surface area contributed by atoms with Crippen LogP contribution in [0, 0.1) is 0 Å². The van der Waals surface area contributed by atoms with E-state index in [2.05, 4.69) is 22.5 Å². The fourth-order valence-corrected chi connectivity index (χ4v) is 5.60. The maximum Gasteiger partial charge on any atom is 0.186 e. The van der Waals surface area contributed by atoms with Crippen LogP contribution >= 0.6 is 27.5 Å². The van der Waals surface area contributed by atoms with Crippen molar-refractivity contribution < 1.29 is 13.2 Å². The van der Waals surface area contributed by atoms with Gasteiger partial charge in [-0.1, -0.05) is 88.2 Å². The van der Waals surface area contributed by atoms with Crippen molar-refractivity contribution in [2.75, 3.05) is 0 Å². The molecule has 3 nitrogen and oxygen atoms in total. The van der Waals surface area contributed by atoms with Gasteiger partial charge in [0.15, 0.2) is 16.1 Å². The van der Waals surface area contributed by atoms with Gasteiger partial charge in [-0.3, -0.25) is 4.79 Å². The Morgan fingerprint density at radius 3 is 2.13 bits per heavy atom. The van der Waals surface area contributed by atoms with E-state index in [4.69, 9.17) is 11.6 Å². The van der Waals surface area contributed by atoms with Gasteiger partial charge in [0.05, 0.1) is 4.91 Å². The molecule has 0 amide bonds. The van der Waals surface area contributed by atoms with E-state index in [9.17, 15) is 13.2 Å². The van der Waals surface area contributed by atoms with E-state index in [1.807, 2.05) is 30.3 Å². The summed E-state index contributed by atoms with van der Waals surface area (Å²) in [6.07, 6.45) is 2.08. The highest BCUT2D eigenvalue weighted by molar-refractivity contribution is 9.10. The van der Waals surface area contributed by atoms with Gasteiger partial charge >= 0.3 is 0 Å². The number of sulfone groups is 1. The van der Waals surface area contributed by atoms with Crippen molar-refractivity contribution in [3.05, 3.63) is 123 Å². The molecule has 0 aliphatic heterocycles. The molecule has 0 heterocycles. The Morgan fingerprint density at radius 2 is 1.58 bits per heavy atom. The smallest absolute Gasteiger partial charge is 0.186 e. The lowest BCUT2D eigenvalue weighted by molar-refractivity contribution is -0.103. The molecule has 1 atom stereocenters. The minimum Gasteiger partial charge on any atom is -0.298 e. The number of rotatable bonds is 8. The van der Waals surface area contributed by atoms with Crippen molar-refractivity contribution in [1.82, 2.24) is 0 Å². The summed E-state index contributed by atoms with van der Waals surface area (Å²) in [6, 6.07) is 22.7. The summed E-state index contributed by atoms with van der Waals surface area (Å²) in [5.41, 5.74) is 2.00. The van der Waals surface area contributed by atoms with Crippen molar-refractivity contribution in [3.63, 3.8) is 0 Å². The van der Waals surface area contributed by atoms with Crippen LogP contribution in [0.15, 0.2) is 101 Å². The average molecular weight is 516 g/mol. The molecule has 0 saturated carbocycles. The van der Waals surface area contributed by atoms with Crippen LogP contribution in [0.2, 0.25) is 5.02 Å². The number of carbonyl (C=O) groups is 1. The summed E-state index contributed by atoms with van der Waals surface area (Å²) >= 11 is 9.37. The molecule has 3 aromatic rings. The average Bonchev–Trinajstić information content (AvgIpc) is 2.77. The third kappa shape index (κ3) is 5.42. The molecule has 158 valence electrons. The number of allylic oxidation sites excluding steroid dienone is 2. The lowest BCUT2D eigenvalue weighted by Crippen LogP contribution is -2.17. The normalized spacial score (nSPS) is 13.2. The Hall–Kier alpha value is -2.47. The third-order valence-corrected chi connectivity index (χ3v) is 7.84. The second-order valence-electron chi connectivity index (χ2n) is 6.88. The minimum atomic E-state index is -3.97. The minimum absolute atomic E-state index is 0.0517. The molecule has 0 aliphatic rings. The second-order valence-corrected chi connectivity index (χ2v) is 10.3. The molecule has 0 aromatic heterocycles. The molecule has 3 aromatic carbocycles. The SMILES string of the molecule is C=CC(c1ccc(Cl)cc1)S(=O)(=O)C(Cc1ccc(Br)cc1)=C(C=O)c1ccccc1. The monoisotopic (exact) mass is 514 g/mol. The fraction of sp³-hybridized carbons (Fsp3) is 0.0800. The molecule has 0 spiro atoms. The van der Waals surface area contributed by atoms with E-state index >= 15 is 0 Å². The van der Waals surface area contributed by atoms with Crippen LogP contribution < -0.4 is 0 Å². The predicted molar refractivity (Wildman–Crippen MR) is 131 cm³/mol. The van der Waals surface area contributed by atoms with Crippen molar-refractivity contribution in [3.8, 4) is 0 Å². The van der Waals surface area contributed by atoms with Gasteiger partial charge < -0.3 is 0 Å². The predicted octanol–water partition coefficient (Wildman–Crippen LogP) is 6.60. The highest BCUT2D eigenvalue weighted by Crippen LogP contribution is 2.35. The maximum atomic E-state index is 13.9. The van der Waals surface area contributed by atoms with Gasteiger partial charge in [0.1, 0.15) is 5.25 Å². The molecule has 0 aliphatic carbocycles. The zero-order valence-electron chi connectivity index (χ0n) is 16.5. The fourth-order valence-electron chi connectivity index (χ4n) is 3.30. The standard InChI is InChI=1S/C25H20BrClO3S/c1-2-24(20-10-14-22(27)15-11-20)31(29,30)25(16-18-8-12-21(26)13-9-18)23(17-28)19-6-4-3-5-7-19/h2-15,17,24H,1,16H2. The Balaban J connectivity index is 2.21. The van der Waals surface area contributed by atoms with Crippen LogP contribution in [0.1, 0.15) is 21.9 Å². The first kappa shape index (κ1) is 23.2. The Morgan fingerprint density at radius 1 is 0.968 bits per heavy atom. The lowest BCUT2D eigenvalue weighted by atomic mass is 10.0. The van der Waals surface area contributed by atoms with Gasteiger partial charge in [-0.2, -0.15) is 0 Å². The quantitative estimate of drug-likeness (QED) is 0.193. The molecule has 1 unspecified atom stereocenters. The van der Waals surface area contributed by atoms with Crippen LogP contribution in [0.25, 0.3) is 5.57 Å². The molecule has 31 heavy (non-hydrogen) atoms. The van der Waals surface area contributed by atoms with E-state index in [1.54, 1.807) is 48.5 Å². The van der Waals surface area contributed by atoms with Crippen LogP contribution in [0.3, 0.4) is 0 Å². The summed E-state index contributed by atoms with van der Waals surface area (Å²) < 4.78 is 28.6. The number of aldehydes is 1. The van der Waals surface area contributed by atoms with Gasteiger partial charge in [0.2, 0.25) is 0 Å². The van der Waals surface area contributed by atoms with E-state index in [-0.39, 0.29) is 16.9 Å². The van der Waals surface area contributed by atoms with E-state index in [1.165, 1.54) is 6.08 Å². The molecular weight excluding hydrogens is 496 g/mol. The van der Waals surface area contributed by atoms with Crippen molar-refractivity contribution in [1.29, 1.82) is 0 Å². The van der Waals surface area contributed by atoms with E-state index in [0.29, 0.717) is 22.4 Å². The first-order chi connectivity index (χ1) is 14.9. The van der Waals surface area contributed by atoms with Crippen LogP contribution in [-0.2, 0) is 21.1 Å². The number of hydrogen-bond acceptors (Lipinski definition) is 3. The summed E-state index contributed by atoms with van der Waals surface area (Å²) in [5, 5.41) is -0.513. The summed E-state index contributed by atoms with van der Waals surface area (Å²) in [6.45, 7) is 3.76. The Labute approximate surface area is 196 Å². The van der Waals surface area contributed by atoms with Gasteiger partial charge in [-0.15, -0.1) is 6.58 Å². The van der Waals surface area contributed by atoms with Crippen LogP contribution in [0.5, 0.6) is 0 Å². The highest BCUT2D eigenvalue weighted by Gasteiger charge is 2.31. The number of halogens is 2. The largest absolute Gasteiger partial charge is 0.298 e. The van der Waals surface area contributed by atoms with E-state index in [0.717, 1.165) is 10.0 Å². The van der Waals surface area contributed by atoms with Crippen molar-refractivity contribution in [2.45, 2.75) is 11.7 Å². The first-order valence-corrected chi connectivity index (χ1v) is 12.2. The van der Waals surface area contributed by atoms with Crippen molar-refractivity contribution in [2.24, 2.45) is 0 Å². The molecule has 0 saturated heterocycles. The number of benzene rings is 3.